The number of carbonyl (C=O) groups is 1. The Morgan fingerprint density at radius 3 is 2.29 bits per heavy atom. The van der Waals surface area contributed by atoms with Gasteiger partial charge in [0.15, 0.2) is 0 Å². The van der Waals surface area contributed by atoms with E-state index in [0.29, 0.717) is 12.6 Å². The van der Waals surface area contributed by atoms with Gasteiger partial charge < -0.3 is 10.6 Å². The molecule has 2 rings (SSSR count). The lowest BCUT2D eigenvalue weighted by Gasteiger charge is -2.28. The molecule has 2 fully saturated rings. The second-order valence-corrected chi connectivity index (χ2v) is 5.75. The van der Waals surface area contributed by atoms with Gasteiger partial charge in [0, 0.05) is 12.6 Å². The zero-order chi connectivity index (χ0) is 12.1. The molecule has 0 saturated heterocycles. The van der Waals surface area contributed by atoms with Crippen LogP contribution in [0.4, 0.5) is 0 Å². The number of nitrogens with one attached hydrogen (secondary N) is 2. The van der Waals surface area contributed by atoms with E-state index in [-0.39, 0.29) is 5.91 Å². The molecule has 3 nitrogen and oxygen atoms in total. The van der Waals surface area contributed by atoms with Crippen molar-refractivity contribution in [1.82, 2.24) is 10.6 Å². The number of hydrogen-bond donors (Lipinski definition) is 2. The maximum absolute atomic E-state index is 11.6. The normalized spacial score (nSPS) is 29.0. The second kappa shape index (κ2) is 6.39. The van der Waals surface area contributed by atoms with E-state index < -0.39 is 0 Å². The van der Waals surface area contributed by atoms with Gasteiger partial charge in [0.05, 0.1) is 6.54 Å². The van der Waals surface area contributed by atoms with E-state index in [1.807, 2.05) is 0 Å². The van der Waals surface area contributed by atoms with Gasteiger partial charge in [-0.05, 0) is 50.4 Å². The Bertz CT molecular complexity index is 243. The third-order valence-corrected chi connectivity index (χ3v) is 4.26. The van der Waals surface area contributed by atoms with Gasteiger partial charge in [-0.15, -0.1) is 0 Å². The summed E-state index contributed by atoms with van der Waals surface area (Å²) in [4.78, 5) is 11.6. The lowest BCUT2D eigenvalue weighted by molar-refractivity contribution is -0.120. The van der Waals surface area contributed by atoms with Crippen LogP contribution in [-0.2, 0) is 4.79 Å². The van der Waals surface area contributed by atoms with Crippen LogP contribution in [0.5, 0.6) is 0 Å². The molecular formula is C14H26N2O. The quantitative estimate of drug-likeness (QED) is 0.744. The minimum Gasteiger partial charge on any atom is -0.355 e. The van der Waals surface area contributed by atoms with Crippen molar-refractivity contribution in [3.05, 3.63) is 0 Å². The smallest absolute Gasteiger partial charge is 0.233 e. The van der Waals surface area contributed by atoms with Crippen LogP contribution in [0.2, 0.25) is 0 Å². The van der Waals surface area contributed by atoms with Crippen molar-refractivity contribution in [2.24, 2.45) is 11.8 Å². The number of amides is 1. The van der Waals surface area contributed by atoms with Gasteiger partial charge in [-0.1, -0.05) is 13.3 Å². The average Bonchev–Trinajstić information content (AvgIpc) is 3.18. The van der Waals surface area contributed by atoms with Gasteiger partial charge in [-0.3, -0.25) is 4.79 Å². The van der Waals surface area contributed by atoms with Crippen molar-refractivity contribution in [3.8, 4) is 0 Å². The molecule has 0 unspecified atom stereocenters. The molecule has 98 valence electrons. The monoisotopic (exact) mass is 238 g/mol. The Labute approximate surface area is 105 Å². The summed E-state index contributed by atoms with van der Waals surface area (Å²) in [7, 11) is 0. The highest BCUT2D eigenvalue weighted by Gasteiger charge is 2.22. The summed E-state index contributed by atoms with van der Waals surface area (Å²) in [6.07, 6.45) is 9.07. The van der Waals surface area contributed by atoms with Gasteiger partial charge >= 0.3 is 0 Å². The summed E-state index contributed by atoms with van der Waals surface area (Å²) in [5.41, 5.74) is 0. The molecule has 1 amide bonds. The Kier molecular flexibility index (Phi) is 4.84. The van der Waals surface area contributed by atoms with E-state index in [0.717, 1.165) is 18.4 Å². The second-order valence-electron chi connectivity index (χ2n) is 5.75. The minimum absolute atomic E-state index is 0.175. The van der Waals surface area contributed by atoms with E-state index in [1.165, 1.54) is 44.9 Å². The molecule has 0 atom stereocenters. The molecule has 2 aliphatic carbocycles. The fourth-order valence-corrected chi connectivity index (χ4v) is 2.65. The van der Waals surface area contributed by atoms with Crippen LogP contribution in [0.25, 0.3) is 0 Å². The van der Waals surface area contributed by atoms with Crippen molar-refractivity contribution in [2.45, 2.75) is 57.9 Å². The molecule has 0 aromatic heterocycles. The third kappa shape index (κ3) is 4.66. The first-order valence-corrected chi connectivity index (χ1v) is 7.28. The summed E-state index contributed by atoms with van der Waals surface area (Å²) in [5, 5.41) is 6.40. The summed E-state index contributed by atoms with van der Waals surface area (Å²) in [6.45, 7) is 3.68. The fourth-order valence-electron chi connectivity index (χ4n) is 2.65. The molecule has 17 heavy (non-hydrogen) atoms. The van der Waals surface area contributed by atoms with Crippen molar-refractivity contribution < 1.29 is 4.79 Å². The van der Waals surface area contributed by atoms with Gasteiger partial charge in [0.1, 0.15) is 0 Å². The van der Waals surface area contributed by atoms with Gasteiger partial charge in [0.2, 0.25) is 5.91 Å². The first-order chi connectivity index (χ1) is 8.28. The first-order valence-electron chi connectivity index (χ1n) is 7.28. The Morgan fingerprint density at radius 2 is 1.71 bits per heavy atom. The average molecular weight is 238 g/mol. The van der Waals surface area contributed by atoms with Crippen LogP contribution in [-0.4, -0.2) is 25.0 Å². The van der Waals surface area contributed by atoms with Crippen LogP contribution in [0, 0.1) is 11.8 Å². The molecule has 0 spiro atoms. The Morgan fingerprint density at radius 1 is 1.06 bits per heavy atom. The summed E-state index contributed by atoms with van der Waals surface area (Å²) >= 11 is 0. The molecule has 0 heterocycles. The predicted octanol–water partition coefficient (Wildman–Crippen LogP) is 2.07. The van der Waals surface area contributed by atoms with E-state index in [4.69, 9.17) is 0 Å². The van der Waals surface area contributed by atoms with Crippen molar-refractivity contribution >= 4 is 5.91 Å². The van der Waals surface area contributed by atoms with Crippen LogP contribution in [0.15, 0.2) is 0 Å². The van der Waals surface area contributed by atoms with Gasteiger partial charge in [0.25, 0.3) is 0 Å². The lowest BCUT2D eigenvalue weighted by Crippen LogP contribution is -2.41. The van der Waals surface area contributed by atoms with Crippen LogP contribution in [0.3, 0.4) is 0 Å². The molecule has 0 aromatic rings. The standard InChI is InChI=1S/C14H26N2O/c1-2-11-5-7-13(8-6-11)15-10-14(17)16-9-12-3-4-12/h11-13,15H,2-10H2,1H3,(H,16,17). The molecule has 2 aliphatic rings. The lowest BCUT2D eigenvalue weighted by atomic mass is 9.84. The molecule has 3 heteroatoms. The van der Waals surface area contributed by atoms with E-state index in [2.05, 4.69) is 17.6 Å². The molecule has 0 bridgehead atoms. The molecule has 0 aliphatic heterocycles. The SMILES string of the molecule is CCC1CCC(NCC(=O)NCC2CC2)CC1. The highest BCUT2D eigenvalue weighted by atomic mass is 16.1. The number of hydrogen-bond acceptors (Lipinski definition) is 2. The summed E-state index contributed by atoms with van der Waals surface area (Å²) < 4.78 is 0. The Hall–Kier alpha value is -0.570. The first kappa shape index (κ1) is 12.9. The highest BCUT2D eigenvalue weighted by Crippen LogP contribution is 2.27. The van der Waals surface area contributed by atoms with Crippen LogP contribution < -0.4 is 10.6 Å². The zero-order valence-electron chi connectivity index (χ0n) is 11.0. The summed E-state index contributed by atoms with van der Waals surface area (Å²) in [6, 6.07) is 0.574. The van der Waals surface area contributed by atoms with Crippen molar-refractivity contribution in [2.75, 3.05) is 13.1 Å². The van der Waals surface area contributed by atoms with Gasteiger partial charge in [-0.2, -0.15) is 0 Å². The maximum Gasteiger partial charge on any atom is 0.233 e. The highest BCUT2D eigenvalue weighted by molar-refractivity contribution is 5.78. The molecule has 0 aromatic carbocycles. The van der Waals surface area contributed by atoms with E-state index in [1.54, 1.807) is 0 Å². The predicted molar refractivity (Wildman–Crippen MR) is 69.8 cm³/mol. The minimum atomic E-state index is 0.175. The molecule has 0 radical (unpaired) electrons. The molecule has 2 saturated carbocycles. The Balaban J connectivity index is 1.53. The molecular weight excluding hydrogens is 212 g/mol. The van der Waals surface area contributed by atoms with Crippen molar-refractivity contribution in [1.29, 1.82) is 0 Å². The largest absolute Gasteiger partial charge is 0.355 e. The van der Waals surface area contributed by atoms with Crippen LogP contribution in [0.1, 0.15) is 51.9 Å². The number of rotatable bonds is 6. The van der Waals surface area contributed by atoms with E-state index in [9.17, 15) is 4.79 Å². The fraction of sp³-hybridized carbons (Fsp3) is 0.929. The van der Waals surface area contributed by atoms with Gasteiger partial charge in [-0.25, -0.2) is 0 Å². The number of carbonyl (C=O) groups excluding carboxylic acids is 1. The van der Waals surface area contributed by atoms with Crippen molar-refractivity contribution in [3.63, 3.8) is 0 Å². The topological polar surface area (TPSA) is 41.1 Å². The van der Waals surface area contributed by atoms with E-state index >= 15 is 0 Å². The summed E-state index contributed by atoms with van der Waals surface area (Å²) in [5.74, 6) is 1.88. The zero-order valence-corrected chi connectivity index (χ0v) is 11.0. The molecule has 2 N–H and O–H groups in total. The maximum atomic E-state index is 11.6. The third-order valence-electron chi connectivity index (χ3n) is 4.26. The van der Waals surface area contributed by atoms with Crippen LogP contribution >= 0.6 is 0 Å².